The Hall–Kier alpha value is -1.40. The molecule has 2 aliphatic rings. The van der Waals surface area contributed by atoms with E-state index in [-0.39, 0.29) is 16.8 Å². The van der Waals surface area contributed by atoms with E-state index in [1.165, 1.54) is 12.1 Å². The van der Waals surface area contributed by atoms with E-state index in [0.29, 0.717) is 18.0 Å². The fourth-order valence-electron chi connectivity index (χ4n) is 3.52. The van der Waals surface area contributed by atoms with Gasteiger partial charge in [-0.15, -0.1) is 0 Å². The molecule has 0 radical (unpaired) electrons. The lowest BCUT2D eigenvalue weighted by Gasteiger charge is -2.26. The lowest BCUT2D eigenvalue weighted by atomic mass is 10.0. The van der Waals surface area contributed by atoms with Crippen LogP contribution in [0.25, 0.3) is 0 Å². The summed E-state index contributed by atoms with van der Waals surface area (Å²) in [6, 6.07) is 5.94. The highest BCUT2D eigenvalue weighted by Gasteiger charge is 2.45. The minimum absolute atomic E-state index is 0.0768. The standard InChI is InChI=1S/C15H19NO4S/c1-21(19,20)12-5-2-11(3-6-12)15(18)16-9-8-10-4-7-13(17)14(10)16/h2-3,5-6,10,13-14,17H,4,7-9H2,1H3/t10-,13+,14+/m0/s1. The van der Waals surface area contributed by atoms with E-state index in [1.807, 2.05) is 0 Å². The van der Waals surface area contributed by atoms with Crippen molar-refractivity contribution < 1.29 is 18.3 Å². The predicted molar refractivity (Wildman–Crippen MR) is 77.7 cm³/mol. The quantitative estimate of drug-likeness (QED) is 0.887. The Morgan fingerprint density at radius 1 is 1.19 bits per heavy atom. The number of hydrogen-bond donors (Lipinski definition) is 1. The van der Waals surface area contributed by atoms with Crippen LogP contribution in [-0.4, -0.2) is 49.3 Å². The highest BCUT2D eigenvalue weighted by Crippen LogP contribution is 2.38. The Bertz CT molecular complexity index is 653. The third-order valence-electron chi connectivity index (χ3n) is 4.60. The summed E-state index contributed by atoms with van der Waals surface area (Å²) in [5, 5.41) is 10.0. The first-order valence-corrected chi connectivity index (χ1v) is 9.06. The van der Waals surface area contributed by atoms with Crippen molar-refractivity contribution in [2.75, 3.05) is 12.8 Å². The van der Waals surface area contributed by atoms with Crippen LogP contribution in [0, 0.1) is 5.92 Å². The monoisotopic (exact) mass is 309 g/mol. The van der Waals surface area contributed by atoms with Crippen molar-refractivity contribution in [2.24, 2.45) is 5.92 Å². The summed E-state index contributed by atoms with van der Waals surface area (Å²) in [6.45, 7) is 0.666. The van der Waals surface area contributed by atoms with Gasteiger partial charge >= 0.3 is 0 Å². The molecule has 1 saturated heterocycles. The molecule has 0 bridgehead atoms. The molecule has 6 heteroatoms. The van der Waals surface area contributed by atoms with Crippen LogP contribution >= 0.6 is 0 Å². The maximum atomic E-state index is 12.6. The summed E-state index contributed by atoms with van der Waals surface area (Å²) in [5.41, 5.74) is 0.474. The Morgan fingerprint density at radius 3 is 2.48 bits per heavy atom. The first-order valence-electron chi connectivity index (χ1n) is 7.17. The number of aliphatic hydroxyl groups is 1. The SMILES string of the molecule is CS(=O)(=O)c1ccc(C(=O)N2CC[C@@H]3CC[C@@H](O)[C@@H]32)cc1. The first-order chi connectivity index (χ1) is 9.88. The van der Waals surface area contributed by atoms with Gasteiger partial charge in [0.1, 0.15) is 0 Å². The van der Waals surface area contributed by atoms with Crippen LogP contribution in [0.5, 0.6) is 0 Å². The van der Waals surface area contributed by atoms with Gasteiger partial charge in [0.25, 0.3) is 5.91 Å². The van der Waals surface area contributed by atoms with Crippen molar-refractivity contribution >= 4 is 15.7 Å². The smallest absolute Gasteiger partial charge is 0.254 e. The van der Waals surface area contributed by atoms with Crippen molar-refractivity contribution in [3.05, 3.63) is 29.8 Å². The molecule has 3 atom stereocenters. The molecule has 1 aromatic rings. The first kappa shape index (κ1) is 14.5. The number of sulfone groups is 1. The molecule has 1 heterocycles. The number of amides is 1. The van der Waals surface area contributed by atoms with Gasteiger partial charge in [0.15, 0.2) is 9.84 Å². The normalized spacial score (nSPS) is 28.7. The lowest BCUT2D eigenvalue weighted by molar-refractivity contribution is 0.0531. The fourth-order valence-corrected chi connectivity index (χ4v) is 4.15. The third kappa shape index (κ3) is 2.58. The molecule has 114 valence electrons. The number of fused-ring (bicyclic) bond motifs is 1. The lowest BCUT2D eigenvalue weighted by Crippen LogP contribution is -2.42. The molecule has 0 unspecified atom stereocenters. The van der Waals surface area contributed by atoms with Crippen LogP contribution in [0.15, 0.2) is 29.2 Å². The van der Waals surface area contributed by atoms with Crippen LogP contribution in [0.2, 0.25) is 0 Å². The average Bonchev–Trinajstić information content (AvgIpc) is 3.01. The molecule has 0 spiro atoms. The van der Waals surface area contributed by atoms with Gasteiger partial charge in [-0.1, -0.05) is 0 Å². The summed E-state index contributed by atoms with van der Waals surface area (Å²) >= 11 is 0. The van der Waals surface area contributed by atoms with Gasteiger partial charge in [0, 0.05) is 18.4 Å². The topological polar surface area (TPSA) is 74.7 Å². The van der Waals surface area contributed by atoms with Crippen LogP contribution < -0.4 is 0 Å². The largest absolute Gasteiger partial charge is 0.391 e. The molecule has 21 heavy (non-hydrogen) atoms. The van der Waals surface area contributed by atoms with Crippen molar-refractivity contribution in [3.8, 4) is 0 Å². The zero-order valence-electron chi connectivity index (χ0n) is 11.9. The second-order valence-electron chi connectivity index (χ2n) is 5.98. The zero-order valence-corrected chi connectivity index (χ0v) is 12.7. The van der Waals surface area contributed by atoms with E-state index in [2.05, 4.69) is 0 Å². The number of likely N-dealkylation sites (tertiary alicyclic amines) is 1. The minimum Gasteiger partial charge on any atom is -0.391 e. The van der Waals surface area contributed by atoms with Crippen molar-refractivity contribution in [2.45, 2.75) is 36.3 Å². The molecule has 1 saturated carbocycles. The summed E-state index contributed by atoms with van der Waals surface area (Å²) in [4.78, 5) is 14.5. The maximum Gasteiger partial charge on any atom is 0.254 e. The van der Waals surface area contributed by atoms with Gasteiger partial charge in [0.05, 0.1) is 17.0 Å². The number of carbonyl (C=O) groups excluding carboxylic acids is 1. The van der Waals surface area contributed by atoms with E-state index < -0.39 is 15.9 Å². The molecule has 1 amide bonds. The second-order valence-corrected chi connectivity index (χ2v) is 7.99. The Kier molecular flexibility index (Phi) is 3.53. The van der Waals surface area contributed by atoms with Crippen LogP contribution in [0.1, 0.15) is 29.6 Å². The van der Waals surface area contributed by atoms with Crippen LogP contribution in [-0.2, 0) is 9.84 Å². The molecule has 1 N–H and O–H groups in total. The number of aliphatic hydroxyl groups excluding tert-OH is 1. The predicted octanol–water partition coefficient (Wildman–Crippen LogP) is 1.08. The maximum absolute atomic E-state index is 12.6. The van der Waals surface area contributed by atoms with E-state index >= 15 is 0 Å². The fraction of sp³-hybridized carbons (Fsp3) is 0.533. The Balaban J connectivity index is 1.82. The molecule has 2 fully saturated rings. The van der Waals surface area contributed by atoms with Gasteiger partial charge < -0.3 is 10.0 Å². The third-order valence-corrected chi connectivity index (χ3v) is 5.73. The minimum atomic E-state index is -3.25. The van der Waals surface area contributed by atoms with E-state index in [1.54, 1.807) is 17.0 Å². The van der Waals surface area contributed by atoms with Crippen LogP contribution in [0.4, 0.5) is 0 Å². The van der Waals surface area contributed by atoms with Gasteiger partial charge in [-0.05, 0) is 49.4 Å². The Labute approximate surface area is 124 Å². The number of nitrogens with zero attached hydrogens (tertiary/aromatic N) is 1. The average molecular weight is 309 g/mol. The summed E-state index contributed by atoms with van der Waals surface area (Å²) < 4.78 is 22.9. The number of hydrogen-bond acceptors (Lipinski definition) is 4. The van der Waals surface area contributed by atoms with E-state index in [9.17, 15) is 18.3 Å². The van der Waals surface area contributed by atoms with Crippen molar-refractivity contribution in [3.63, 3.8) is 0 Å². The summed E-state index contributed by atoms with van der Waals surface area (Å²) in [5.74, 6) is 0.280. The van der Waals surface area contributed by atoms with Gasteiger partial charge in [-0.3, -0.25) is 4.79 Å². The molecule has 1 aliphatic carbocycles. The molecule has 3 rings (SSSR count). The summed E-state index contributed by atoms with van der Waals surface area (Å²) in [7, 11) is -3.25. The molecule has 5 nitrogen and oxygen atoms in total. The highest BCUT2D eigenvalue weighted by atomic mass is 32.2. The number of benzene rings is 1. The van der Waals surface area contributed by atoms with Gasteiger partial charge in [0.2, 0.25) is 0 Å². The highest BCUT2D eigenvalue weighted by molar-refractivity contribution is 7.90. The van der Waals surface area contributed by atoms with Crippen molar-refractivity contribution in [1.82, 2.24) is 4.90 Å². The molecule has 1 aliphatic heterocycles. The Morgan fingerprint density at radius 2 is 1.86 bits per heavy atom. The van der Waals surface area contributed by atoms with E-state index in [0.717, 1.165) is 25.5 Å². The number of carbonyl (C=O) groups is 1. The molecule has 0 aromatic heterocycles. The molecule has 1 aromatic carbocycles. The van der Waals surface area contributed by atoms with E-state index in [4.69, 9.17) is 0 Å². The van der Waals surface area contributed by atoms with Gasteiger partial charge in [-0.25, -0.2) is 8.42 Å². The van der Waals surface area contributed by atoms with Crippen molar-refractivity contribution in [1.29, 1.82) is 0 Å². The number of rotatable bonds is 2. The molecular formula is C15H19NO4S. The zero-order chi connectivity index (χ0) is 15.2. The second kappa shape index (κ2) is 5.10. The van der Waals surface area contributed by atoms with Crippen LogP contribution in [0.3, 0.4) is 0 Å². The summed E-state index contributed by atoms with van der Waals surface area (Å²) in [6.07, 6.45) is 3.38. The molecular weight excluding hydrogens is 290 g/mol. The van der Waals surface area contributed by atoms with Gasteiger partial charge in [-0.2, -0.15) is 0 Å².